The smallest absolute Gasteiger partial charge is 0.0437 e. The predicted octanol–water partition coefficient (Wildman–Crippen LogP) is 2.70. The highest BCUT2D eigenvalue weighted by atomic mass is 15.2. The topological polar surface area (TPSA) is 29.3 Å². The molecule has 0 heterocycles. The number of para-hydroxylation sites is 1. The van der Waals surface area contributed by atoms with Crippen LogP contribution in [0, 0.1) is 6.92 Å². The number of aryl methyl sites for hydroxylation is 1. The van der Waals surface area contributed by atoms with Gasteiger partial charge in [-0.3, -0.25) is 0 Å². The first-order valence-corrected chi connectivity index (χ1v) is 6.24. The third-order valence-electron chi connectivity index (χ3n) is 3.77. The number of hydrogen-bond acceptors (Lipinski definition) is 2. The van der Waals surface area contributed by atoms with Gasteiger partial charge in [-0.2, -0.15) is 0 Å². The van der Waals surface area contributed by atoms with Crippen molar-refractivity contribution in [2.45, 2.75) is 44.7 Å². The number of nitrogens with zero attached hydrogens (tertiary/aromatic N) is 1. The number of benzene rings is 1. The number of hydrogen-bond donors (Lipinski definition) is 1. The average Bonchev–Trinajstić information content (AvgIpc) is 2.29. The Morgan fingerprint density at radius 3 is 2.56 bits per heavy atom. The number of likely N-dealkylation sites (N-methyl/N-ethyl adjacent to an activating group) is 1. The highest BCUT2D eigenvalue weighted by Gasteiger charge is 2.25. The lowest BCUT2D eigenvalue weighted by Crippen LogP contribution is -2.48. The Balaban J connectivity index is 2.17. The van der Waals surface area contributed by atoms with E-state index in [2.05, 4.69) is 43.1 Å². The van der Waals surface area contributed by atoms with Crippen LogP contribution in [0.5, 0.6) is 0 Å². The normalized spacial score (nSPS) is 25.4. The van der Waals surface area contributed by atoms with Crippen molar-refractivity contribution in [1.82, 2.24) is 0 Å². The standard InChI is InChI=1S/C14H22N2/c1-11-7-3-5-9-13(11)16(2)14-10-6-4-8-12(14)15/h3,5,7,9,12,14H,4,6,8,10,15H2,1-2H3. The number of nitrogens with two attached hydrogens (primary N) is 1. The fourth-order valence-corrected chi connectivity index (χ4v) is 2.76. The zero-order valence-electron chi connectivity index (χ0n) is 10.3. The van der Waals surface area contributed by atoms with E-state index >= 15 is 0 Å². The van der Waals surface area contributed by atoms with E-state index in [-0.39, 0.29) is 0 Å². The maximum absolute atomic E-state index is 6.23. The molecule has 0 saturated heterocycles. The summed E-state index contributed by atoms with van der Waals surface area (Å²) in [6.45, 7) is 2.17. The van der Waals surface area contributed by atoms with Gasteiger partial charge < -0.3 is 10.6 Å². The summed E-state index contributed by atoms with van der Waals surface area (Å²) in [4.78, 5) is 2.37. The van der Waals surface area contributed by atoms with E-state index in [1.54, 1.807) is 0 Å². The van der Waals surface area contributed by atoms with E-state index in [1.807, 2.05) is 0 Å². The fraction of sp³-hybridized carbons (Fsp3) is 0.571. The Morgan fingerprint density at radius 1 is 1.19 bits per heavy atom. The van der Waals surface area contributed by atoms with Crippen LogP contribution in [-0.4, -0.2) is 19.1 Å². The third-order valence-corrected chi connectivity index (χ3v) is 3.77. The first kappa shape index (κ1) is 11.5. The van der Waals surface area contributed by atoms with Gasteiger partial charge in [-0.25, -0.2) is 0 Å². The van der Waals surface area contributed by atoms with Gasteiger partial charge in [0, 0.05) is 24.8 Å². The fourth-order valence-electron chi connectivity index (χ4n) is 2.76. The van der Waals surface area contributed by atoms with E-state index < -0.39 is 0 Å². The van der Waals surface area contributed by atoms with Gasteiger partial charge in [-0.1, -0.05) is 31.0 Å². The molecule has 2 atom stereocenters. The molecule has 0 spiro atoms. The van der Waals surface area contributed by atoms with Crippen LogP contribution in [0.15, 0.2) is 24.3 Å². The van der Waals surface area contributed by atoms with Crippen LogP contribution >= 0.6 is 0 Å². The van der Waals surface area contributed by atoms with Gasteiger partial charge in [0.1, 0.15) is 0 Å². The Kier molecular flexibility index (Phi) is 3.49. The predicted molar refractivity (Wildman–Crippen MR) is 69.8 cm³/mol. The molecule has 2 unspecified atom stereocenters. The van der Waals surface area contributed by atoms with E-state index in [1.165, 1.54) is 36.9 Å². The molecular weight excluding hydrogens is 196 g/mol. The Bertz CT molecular complexity index is 348. The minimum Gasteiger partial charge on any atom is -0.370 e. The molecule has 2 rings (SSSR count). The summed E-state index contributed by atoms with van der Waals surface area (Å²) in [6.07, 6.45) is 5.00. The molecule has 1 saturated carbocycles. The quantitative estimate of drug-likeness (QED) is 0.827. The second-order valence-corrected chi connectivity index (χ2v) is 4.91. The van der Waals surface area contributed by atoms with Gasteiger partial charge in [0.2, 0.25) is 0 Å². The summed E-state index contributed by atoms with van der Waals surface area (Å²) in [5.74, 6) is 0. The molecule has 88 valence electrons. The van der Waals surface area contributed by atoms with E-state index in [4.69, 9.17) is 5.73 Å². The van der Waals surface area contributed by atoms with Crippen molar-refractivity contribution < 1.29 is 0 Å². The van der Waals surface area contributed by atoms with E-state index in [0.29, 0.717) is 12.1 Å². The number of rotatable bonds is 2. The van der Waals surface area contributed by atoms with Crippen molar-refractivity contribution in [2.24, 2.45) is 5.73 Å². The Hall–Kier alpha value is -1.02. The minimum atomic E-state index is 0.332. The largest absolute Gasteiger partial charge is 0.370 e. The van der Waals surface area contributed by atoms with Gasteiger partial charge in [0.05, 0.1) is 0 Å². The van der Waals surface area contributed by atoms with Crippen LogP contribution in [0.3, 0.4) is 0 Å². The van der Waals surface area contributed by atoms with Crippen LogP contribution in [0.4, 0.5) is 5.69 Å². The van der Waals surface area contributed by atoms with Crippen LogP contribution in [0.25, 0.3) is 0 Å². The first-order chi connectivity index (χ1) is 7.70. The lowest BCUT2D eigenvalue weighted by atomic mass is 9.89. The molecule has 16 heavy (non-hydrogen) atoms. The summed E-state index contributed by atoms with van der Waals surface area (Å²) in [7, 11) is 2.18. The monoisotopic (exact) mass is 218 g/mol. The molecule has 0 aromatic heterocycles. The second kappa shape index (κ2) is 4.88. The zero-order chi connectivity index (χ0) is 11.5. The van der Waals surface area contributed by atoms with Crippen LogP contribution in [0.1, 0.15) is 31.2 Å². The Morgan fingerprint density at radius 2 is 1.88 bits per heavy atom. The minimum absolute atomic E-state index is 0.332. The van der Waals surface area contributed by atoms with Crippen molar-refractivity contribution in [3.8, 4) is 0 Å². The molecule has 1 aromatic rings. The van der Waals surface area contributed by atoms with Gasteiger partial charge in [-0.05, 0) is 31.4 Å². The third kappa shape index (κ3) is 2.22. The molecule has 0 amide bonds. The molecule has 1 fully saturated rings. The highest BCUT2D eigenvalue weighted by molar-refractivity contribution is 5.53. The van der Waals surface area contributed by atoms with Crippen molar-refractivity contribution >= 4 is 5.69 Å². The summed E-state index contributed by atoms with van der Waals surface area (Å²) in [5.41, 5.74) is 8.89. The van der Waals surface area contributed by atoms with Crippen LogP contribution in [0.2, 0.25) is 0 Å². The molecule has 1 aliphatic carbocycles. The average molecular weight is 218 g/mol. The molecular formula is C14H22N2. The molecule has 2 nitrogen and oxygen atoms in total. The second-order valence-electron chi connectivity index (χ2n) is 4.91. The highest BCUT2D eigenvalue weighted by Crippen LogP contribution is 2.27. The molecule has 0 bridgehead atoms. The van der Waals surface area contributed by atoms with Gasteiger partial charge in [-0.15, -0.1) is 0 Å². The van der Waals surface area contributed by atoms with Crippen molar-refractivity contribution in [3.63, 3.8) is 0 Å². The van der Waals surface area contributed by atoms with E-state index in [9.17, 15) is 0 Å². The molecule has 2 heteroatoms. The molecule has 1 aromatic carbocycles. The molecule has 0 aliphatic heterocycles. The molecule has 2 N–H and O–H groups in total. The summed E-state index contributed by atoms with van der Waals surface area (Å²) in [5, 5.41) is 0. The maximum atomic E-state index is 6.23. The lowest BCUT2D eigenvalue weighted by Gasteiger charge is -2.38. The van der Waals surface area contributed by atoms with Gasteiger partial charge >= 0.3 is 0 Å². The zero-order valence-corrected chi connectivity index (χ0v) is 10.3. The summed E-state index contributed by atoms with van der Waals surface area (Å²) < 4.78 is 0. The summed E-state index contributed by atoms with van der Waals surface area (Å²) in [6, 6.07) is 9.39. The number of anilines is 1. The first-order valence-electron chi connectivity index (χ1n) is 6.24. The maximum Gasteiger partial charge on any atom is 0.0437 e. The van der Waals surface area contributed by atoms with Crippen molar-refractivity contribution in [3.05, 3.63) is 29.8 Å². The molecule has 1 aliphatic rings. The van der Waals surface area contributed by atoms with Crippen molar-refractivity contribution in [2.75, 3.05) is 11.9 Å². The van der Waals surface area contributed by atoms with Crippen LogP contribution in [-0.2, 0) is 0 Å². The Labute approximate surface area is 98.4 Å². The van der Waals surface area contributed by atoms with Crippen LogP contribution < -0.4 is 10.6 Å². The summed E-state index contributed by atoms with van der Waals surface area (Å²) >= 11 is 0. The SMILES string of the molecule is Cc1ccccc1N(C)C1CCCCC1N. The van der Waals surface area contributed by atoms with Gasteiger partial charge in [0.25, 0.3) is 0 Å². The lowest BCUT2D eigenvalue weighted by molar-refractivity contribution is 0.373. The van der Waals surface area contributed by atoms with E-state index in [0.717, 1.165) is 0 Å². The molecule has 0 radical (unpaired) electrons. The van der Waals surface area contributed by atoms with Gasteiger partial charge in [0.15, 0.2) is 0 Å². The van der Waals surface area contributed by atoms with Crippen molar-refractivity contribution in [1.29, 1.82) is 0 Å².